The van der Waals surface area contributed by atoms with Crippen LogP contribution >= 0.6 is 0 Å². The lowest BCUT2D eigenvalue weighted by Gasteiger charge is -2.09. The number of halogens is 3. The highest BCUT2D eigenvalue weighted by Gasteiger charge is 2.38. The van der Waals surface area contributed by atoms with Crippen LogP contribution in [0.15, 0.2) is 85.3 Å². The number of aromatic nitrogens is 3. The van der Waals surface area contributed by atoms with Crippen LogP contribution in [0, 0.1) is 0 Å². The first kappa shape index (κ1) is 33.2. The maximum Gasteiger partial charge on any atom is 0.471 e. The van der Waals surface area contributed by atoms with Crippen LogP contribution in [-0.2, 0) is 18.9 Å². The Balaban J connectivity index is 1.14. The largest absolute Gasteiger partial charge is 0.471 e. The summed E-state index contributed by atoms with van der Waals surface area (Å²) in [6, 6.07) is 19.9. The summed E-state index contributed by atoms with van der Waals surface area (Å²) in [6.45, 7) is -0.658. The van der Waals surface area contributed by atoms with Crippen LogP contribution in [0.1, 0.15) is 42.5 Å². The molecular formula is C34H30F3N7O4. The van der Waals surface area contributed by atoms with E-state index in [2.05, 4.69) is 20.9 Å². The molecule has 0 aliphatic carbocycles. The Labute approximate surface area is 272 Å². The molecule has 5 rings (SSSR count). The molecular weight excluding hydrogens is 627 g/mol. The Kier molecular flexibility index (Phi) is 9.73. The molecule has 11 nitrogen and oxygen atoms in total. The molecule has 0 aliphatic rings. The summed E-state index contributed by atoms with van der Waals surface area (Å²) in [4.78, 5) is 53.8. The van der Waals surface area contributed by atoms with Crippen LogP contribution in [0.5, 0.6) is 0 Å². The third kappa shape index (κ3) is 8.15. The fourth-order valence-corrected chi connectivity index (χ4v) is 4.78. The Morgan fingerprint density at radius 2 is 1.31 bits per heavy atom. The van der Waals surface area contributed by atoms with E-state index in [1.165, 1.54) is 27.5 Å². The summed E-state index contributed by atoms with van der Waals surface area (Å²) in [5, 5.41) is 10.6. The highest BCUT2D eigenvalue weighted by atomic mass is 19.4. The molecule has 0 bridgehead atoms. The number of fused-ring (bicyclic) bond motifs is 1. The number of aryl methyl sites for hydroxylation is 2. The molecule has 2 aromatic carbocycles. The molecule has 0 unspecified atom stereocenters. The second-order valence-corrected chi connectivity index (χ2v) is 10.8. The smallest absolute Gasteiger partial charge is 0.349 e. The van der Waals surface area contributed by atoms with Crippen LogP contribution in [0.25, 0.3) is 23.1 Å². The monoisotopic (exact) mass is 657 g/mol. The fraction of sp³-hybridized carbons (Fsp3) is 0.147. The van der Waals surface area contributed by atoms with Crippen molar-refractivity contribution in [3.05, 3.63) is 113 Å². The van der Waals surface area contributed by atoms with Gasteiger partial charge < -0.3 is 30.4 Å². The second-order valence-electron chi connectivity index (χ2n) is 10.8. The van der Waals surface area contributed by atoms with Crippen molar-refractivity contribution < 1.29 is 32.3 Å². The predicted molar refractivity (Wildman–Crippen MR) is 175 cm³/mol. The highest BCUT2D eigenvalue weighted by molar-refractivity contribution is 6.07. The molecule has 3 heterocycles. The van der Waals surface area contributed by atoms with Gasteiger partial charge in [0.25, 0.3) is 17.7 Å². The third-order valence-corrected chi connectivity index (χ3v) is 7.20. The van der Waals surface area contributed by atoms with Gasteiger partial charge >= 0.3 is 12.1 Å². The zero-order valence-electron chi connectivity index (χ0n) is 25.8. The minimum atomic E-state index is -5.01. The molecule has 0 spiro atoms. The summed E-state index contributed by atoms with van der Waals surface area (Å²) in [7, 11) is 3.19. The van der Waals surface area contributed by atoms with Crippen molar-refractivity contribution in [1.82, 2.24) is 24.8 Å². The van der Waals surface area contributed by atoms with Gasteiger partial charge in [0, 0.05) is 56.7 Å². The minimum Gasteiger partial charge on any atom is -0.349 e. The number of carbonyl (C=O) groups is 4. The molecule has 0 fully saturated rings. The number of amides is 4. The number of benzene rings is 2. The van der Waals surface area contributed by atoms with E-state index in [4.69, 9.17) is 0 Å². The first-order valence-corrected chi connectivity index (χ1v) is 14.6. The number of nitrogens with zero attached hydrogens (tertiary/aromatic N) is 3. The summed E-state index contributed by atoms with van der Waals surface area (Å²) < 4.78 is 39.8. The van der Waals surface area contributed by atoms with Crippen LogP contribution in [0.2, 0.25) is 0 Å². The average Bonchev–Trinajstić information content (AvgIpc) is 3.62. The Bertz CT molecular complexity index is 2030. The molecule has 0 aliphatic heterocycles. The van der Waals surface area contributed by atoms with Crippen molar-refractivity contribution in [2.45, 2.75) is 6.18 Å². The van der Waals surface area contributed by atoms with E-state index in [-0.39, 0.29) is 29.5 Å². The van der Waals surface area contributed by atoms with Crippen molar-refractivity contribution in [2.75, 3.05) is 23.7 Å². The van der Waals surface area contributed by atoms with E-state index >= 15 is 0 Å². The maximum absolute atomic E-state index is 13.0. The molecule has 0 saturated carbocycles. The summed E-state index contributed by atoms with van der Waals surface area (Å²) >= 11 is 0. The summed E-state index contributed by atoms with van der Waals surface area (Å²) in [5.41, 5.74) is 4.23. The Morgan fingerprint density at radius 3 is 1.98 bits per heavy atom. The number of nitrogens with one attached hydrogen (secondary N) is 4. The van der Waals surface area contributed by atoms with Crippen molar-refractivity contribution >= 4 is 58.1 Å². The average molecular weight is 658 g/mol. The standard InChI is InChI=1S/C34H30F3N7O4/c1-43-20-26(16-28(43)31(46)38-13-14-39-33(48)34(35,36)37)42-32(47)29-17-25(19-44(29)2)41-30(45)23-11-9-21(10-12-23)7-8-22-15-24-5-3-4-6-27(24)40-18-22/h3-12,15-20H,13-14H2,1-2H3,(H,38,46)(H,39,48)(H,41,45)(H,42,47)/b8-7+. The fourth-order valence-electron chi connectivity index (χ4n) is 4.78. The van der Waals surface area contributed by atoms with Crippen molar-refractivity contribution in [3.63, 3.8) is 0 Å². The van der Waals surface area contributed by atoms with Crippen LogP contribution < -0.4 is 21.3 Å². The van der Waals surface area contributed by atoms with E-state index in [0.717, 1.165) is 22.0 Å². The minimum absolute atomic E-state index is 0.125. The van der Waals surface area contributed by atoms with Gasteiger partial charge in [0.2, 0.25) is 0 Å². The zero-order chi connectivity index (χ0) is 34.4. The maximum atomic E-state index is 13.0. The molecule has 0 saturated heterocycles. The quantitative estimate of drug-likeness (QED) is 0.157. The lowest BCUT2D eigenvalue weighted by molar-refractivity contribution is -0.173. The van der Waals surface area contributed by atoms with E-state index in [9.17, 15) is 32.3 Å². The van der Waals surface area contributed by atoms with Crippen LogP contribution in [0.3, 0.4) is 0 Å². The van der Waals surface area contributed by atoms with Gasteiger partial charge in [0.15, 0.2) is 0 Å². The van der Waals surface area contributed by atoms with Crippen LogP contribution in [0.4, 0.5) is 24.5 Å². The lowest BCUT2D eigenvalue weighted by atomic mass is 10.1. The van der Waals surface area contributed by atoms with Gasteiger partial charge in [-0.2, -0.15) is 13.2 Å². The number of hydrogen-bond acceptors (Lipinski definition) is 5. The van der Waals surface area contributed by atoms with Gasteiger partial charge in [-0.3, -0.25) is 24.2 Å². The van der Waals surface area contributed by atoms with Crippen molar-refractivity contribution in [2.24, 2.45) is 14.1 Å². The third-order valence-electron chi connectivity index (χ3n) is 7.20. The highest BCUT2D eigenvalue weighted by Crippen LogP contribution is 2.20. The number of hydrogen-bond donors (Lipinski definition) is 4. The summed E-state index contributed by atoms with van der Waals surface area (Å²) in [6.07, 6.45) is 3.74. The van der Waals surface area contributed by atoms with E-state index in [0.29, 0.717) is 11.3 Å². The topological polar surface area (TPSA) is 139 Å². The number of pyridine rings is 1. The van der Waals surface area contributed by atoms with Gasteiger partial charge in [0.05, 0.1) is 16.9 Å². The van der Waals surface area contributed by atoms with Crippen molar-refractivity contribution in [3.8, 4) is 0 Å². The Hall–Kier alpha value is -6.18. The van der Waals surface area contributed by atoms with Gasteiger partial charge in [0.1, 0.15) is 11.4 Å². The number of anilines is 2. The van der Waals surface area contributed by atoms with Gasteiger partial charge in [-0.1, -0.05) is 42.5 Å². The predicted octanol–water partition coefficient (Wildman–Crippen LogP) is 5.00. The van der Waals surface area contributed by atoms with Gasteiger partial charge in [-0.05, 0) is 47.5 Å². The van der Waals surface area contributed by atoms with Crippen LogP contribution in [-0.4, -0.2) is 57.0 Å². The Morgan fingerprint density at radius 1 is 0.729 bits per heavy atom. The molecule has 3 aromatic heterocycles. The molecule has 4 amide bonds. The molecule has 0 radical (unpaired) electrons. The first-order chi connectivity index (χ1) is 22.9. The van der Waals surface area contributed by atoms with Crippen molar-refractivity contribution in [1.29, 1.82) is 0 Å². The summed E-state index contributed by atoms with van der Waals surface area (Å²) in [5.74, 6) is -3.59. The number of para-hydroxylation sites is 1. The molecule has 5 aromatic rings. The molecule has 0 atom stereocenters. The molecule has 4 N–H and O–H groups in total. The lowest BCUT2D eigenvalue weighted by Crippen LogP contribution is -2.41. The van der Waals surface area contributed by atoms with E-state index in [1.807, 2.05) is 54.6 Å². The van der Waals surface area contributed by atoms with E-state index < -0.39 is 30.4 Å². The molecule has 246 valence electrons. The number of alkyl halides is 3. The number of carbonyl (C=O) groups excluding carboxylic acids is 4. The number of rotatable bonds is 10. The molecule has 14 heteroatoms. The van der Waals surface area contributed by atoms with E-state index in [1.54, 1.807) is 43.9 Å². The SMILES string of the molecule is Cn1cc(NC(=O)c2cc(NC(=O)c3ccc(/C=C/c4cnc5ccccc5c4)cc3)cn2C)cc1C(=O)NCCNC(=O)C(F)(F)F. The first-order valence-electron chi connectivity index (χ1n) is 14.6. The van der Waals surface area contributed by atoms with Gasteiger partial charge in [-0.15, -0.1) is 0 Å². The normalized spacial score (nSPS) is 11.4. The molecule has 48 heavy (non-hydrogen) atoms. The zero-order valence-corrected chi connectivity index (χ0v) is 25.8. The van der Waals surface area contributed by atoms with Gasteiger partial charge in [-0.25, -0.2) is 0 Å². The second kappa shape index (κ2) is 14.1.